The van der Waals surface area contributed by atoms with Gasteiger partial charge in [0, 0.05) is 12.5 Å². The second-order valence-corrected chi connectivity index (χ2v) is 6.83. The molecule has 1 unspecified atom stereocenters. The topological polar surface area (TPSA) is 47.6 Å². The molecule has 0 aliphatic heterocycles. The number of hydrogen-bond donors (Lipinski definition) is 1. The van der Waals surface area contributed by atoms with Crippen LogP contribution in [0.25, 0.3) is 0 Å². The first-order valence-electron chi connectivity index (χ1n) is 9.04. The molecule has 140 valence electrons. The molecule has 0 aromatic heterocycles. The Morgan fingerprint density at radius 1 is 0.923 bits per heavy atom. The Labute approximate surface area is 156 Å². The number of rotatable bonds is 8. The van der Waals surface area contributed by atoms with Crippen LogP contribution in [0.15, 0.2) is 42.5 Å². The van der Waals surface area contributed by atoms with E-state index in [9.17, 15) is 4.79 Å². The van der Waals surface area contributed by atoms with Gasteiger partial charge >= 0.3 is 0 Å². The lowest BCUT2D eigenvalue weighted by Gasteiger charge is -2.16. The fourth-order valence-electron chi connectivity index (χ4n) is 2.84. The van der Waals surface area contributed by atoms with E-state index in [-0.39, 0.29) is 11.9 Å². The first-order valence-corrected chi connectivity index (χ1v) is 9.04. The maximum absolute atomic E-state index is 12.3. The van der Waals surface area contributed by atoms with Crippen LogP contribution in [0.4, 0.5) is 0 Å². The van der Waals surface area contributed by atoms with Gasteiger partial charge in [-0.25, -0.2) is 0 Å². The SMILES string of the molecule is COc1cc(CCC(=O)NC(C)c2ccc(C(C)C)cc2)cc(OC)c1. The summed E-state index contributed by atoms with van der Waals surface area (Å²) in [7, 11) is 3.25. The summed E-state index contributed by atoms with van der Waals surface area (Å²) in [5, 5.41) is 3.07. The zero-order valence-corrected chi connectivity index (χ0v) is 16.3. The van der Waals surface area contributed by atoms with Gasteiger partial charge in [0.05, 0.1) is 20.3 Å². The van der Waals surface area contributed by atoms with Crippen molar-refractivity contribution in [2.75, 3.05) is 14.2 Å². The average Bonchev–Trinajstić information content (AvgIpc) is 2.66. The maximum atomic E-state index is 12.3. The standard InChI is InChI=1S/C22H29NO3/c1-15(2)18-7-9-19(10-8-18)16(3)23-22(24)11-6-17-12-20(25-4)14-21(13-17)26-5/h7-10,12-16H,6,11H2,1-5H3,(H,23,24). The number of nitrogens with one attached hydrogen (secondary N) is 1. The van der Waals surface area contributed by atoms with Crippen LogP contribution in [-0.4, -0.2) is 20.1 Å². The second-order valence-electron chi connectivity index (χ2n) is 6.83. The van der Waals surface area contributed by atoms with Gasteiger partial charge in [-0.3, -0.25) is 4.79 Å². The van der Waals surface area contributed by atoms with Crippen molar-refractivity contribution in [2.45, 2.75) is 45.6 Å². The molecule has 0 aliphatic carbocycles. The normalized spacial score (nSPS) is 11.9. The smallest absolute Gasteiger partial charge is 0.220 e. The van der Waals surface area contributed by atoms with Gasteiger partial charge in [-0.1, -0.05) is 38.1 Å². The zero-order valence-electron chi connectivity index (χ0n) is 16.3. The van der Waals surface area contributed by atoms with E-state index in [1.807, 2.05) is 25.1 Å². The molecule has 0 saturated heterocycles. The number of hydrogen-bond acceptors (Lipinski definition) is 3. The van der Waals surface area contributed by atoms with Crippen LogP contribution in [0.3, 0.4) is 0 Å². The summed E-state index contributed by atoms with van der Waals surface area (Å²) in [6.45, 7) is 6.36. The highest BCUT2D eigenvalue weighted by atomic mass is 16.5. The Morgan fingerprint density at radius 2 is 1.46 bits per heavy atom. The van der Waals surface area contributed by atoms with Crippen LogP contribution in [0.1, 0.15) is 55.8 Å². The lowest BCUT2D eigenvalue weighted by Crippen LogP contribution is -2.26. The van der Waals surface area contributed by atoms with E-state index in [0.717, 1.165) is 22.6 Å². The third-order valence-corrected chi connectivity index (χ3v) is 4.53. The summed E-state index contributed by atoms with van der Waals surface area (Å²) in [6.07, 6.45) is 1.06. The molecule has 4 heteroatoms. The van der Waals surface area contributed by atoms with Crippen LogP contribution < -0.4 is 14.8 Å². The van der Waals surface area contributed by atoms with Crippen LogP contribution >= 0.6 is 0 Å². The van der Waals surface area contributed by atoms with Crippen LogP contribution in [0, 0.1) is 0 Å². The minimum Gasteiger partial charge on any atom is -0.497 e. The molecule has 0 bridgehead atoms. The van der Waals surface area contributed by atoms with Crippen molar-refractivity contribution in [1.82, 2.24) is 5.32 Å². The third kappa shape index (κ3) is 5.51. The van der Waals surface area contributed by atoms with E-state index < -0.39 is 0 Å². The average molecular weight is 355 g/mol. The molecular weight excluding hydrogens is 326 g/mol. The van der Waals surface area contributed by atoms with E-state index in [4.69, 9.17) is 9.47 Å². The van der Waals surface area contributed by atoms with E-state index in [1.165, 1.54) is 5.56 Å². The molecule has 4 nitrogen and oxygen atoms in total. The van der Waals surface area contributed by atoms with E-state index in [2.05, 4.69) is 43.4 Å². The van der Waals surface area contributed by atoms with Crippen LogP contribution in [0.2, 0.25) is 0 Å². The van der Waals surface area contributed by atoms with Gasteiger partial charge in [0.1, 0.15) is 11.5 Å². The van der Waals surface area contributed by atoms with E-state index >= 15 is 0 Å². The van der Waals surface area contributed by atoms with Gasteiger partial charge < -0.3 is 14.8 Å². The molecule has 1 amide bonds. The fraction of sp³-hybridized carbons (Fsp3) is 0.409. The number of ether oxygens (including phenoxy) is 2. The highest BCUT2D eigenvalue weighted by Crippen LogP contribution is 2.23. The van der Waals surface area contributed by atoms with Gasteiger partial charge in [-0.2, -0.15) is 0 Å². The molecule has 0 aliphatic rings. The first-order chi connectivity index (χ1) is 12.4. The number of aryl methyl sites for hydroxylation is 1. The molecule has 26 heavy (non-hydrogen) atoms. The Balaban J connectivity index is 1.92. The summed E-state index contributed by atoms with van der Waals surface area (Å²) in [6, 6.07) is 14.1. The monoisotopic (exact) mass is 355 g/mol. The molecule has 0 fully saturated rings. The molecule has 0 radical (unpaired) electrons. The lowest BCUT2D eigenvalue weighted by atomic mass is 9.99. The zero-order chi connectivity index (χ0) is 19.1. The summed E-state index contributed by atoms with van der Waals surface area (Å²) in [5.41, 5.74) is 3.44. The van der Waals surface area contributed by atoms with Gasteiger partial charge in [0.2, 0.25) is 5.91 Å². The third-order valence-electron chi connectivity index (χ3n) is 4.53. The lowest BCUT2D eigenvalue weighted by molar-refractivity contribution is -0.121. The minimum atomic E-state index is -0.0106. The summed E-state index contributed by atoms with van der Waals surface area (Å²) in [5.74, 6) is 2.01. The van der Waals surface area contributed by atoms with Crippen molar-refractivity contribution in [1.29, 1.82) is 0 Å². The molecular formula is C22H29NO3. The minimum absolute atomic E-state index is 0.0106. The predicted octanol–water partition coefficient (Wildman–Crippen LogP) is 4.64. The number of carbonyl (C=O) groups is 1. The number of benzene rings is 2. The van der Waals surface area contributed by atoms with Crippen molar-refractivity contribution >= 4 is 5.91 Å². The Morgan fingerprint density at radius 3 is 1.96 bits per heavy atom. The van der Waals surface area contributed by atoms with Crippen molar-refractivity contribution in [3.63, 3.8) is 0 Å². The molecule has 2 aromatic rings. The molecule has 0 heterocycles. The van der Waals surface area contributed by atoms with Crippen molar-refractivity contribution in [3.05, 3.63) is 59.2 Å². The van der Waals surface area contributed by atoms with Crippen molar-refractivity contribution in [2.24, 2.45) is 0 Å². The summed E-state index contributed by atoms with van der Waals surface area (Å²) >= 11 is 0. The highest BCUT2D eigenvalue weighted by molar-refractivity contribution is 5.76. The maximum Gasteiger partial charge on any atom is 0.220 e. The molecule has 0 spiro atoms. The Kier molecular flexibility index (Phi) is 7.07. The van der Waals surface area contributed by atoms with Gasteiger partial charge in [0.25, 0.3) is 0 Å². The Hall–Kier alpha value is -2.49. The van der Waals surface area contributed by atoms with Gasteiger partial charge in [-0.15, -0.1) is 0 Å². The molecule has 1 N–H and O–H groups in total. The quantitative estimate of drug-likeness (QED) is 0.750. The molecule has 2 aromatic carbocycles. The highest BCUT2D eigenvalue weighted by Gasteiger charge is 2.11. The fourth-order valence-corrected chi connectivity index (χ4v) is 2.84. The number of methoxy groups -OCH3 is 2. The van der Waals surface area contributed by atoms with Gasteiger partial charge in [-0.05, 0) is 48.1 Å². The second kappa shape index (κ2) is 9.27. The van der Waals surface area contributed by atoms with Gasteiger partial charge in [0.15, 0.2) is 0 Å². The molecule has 0 saturated carbocycles. The predicted molar refractivity (Wildman–Crippen MR) is 105 cm³/mol. The number of carbonyl (C=O) groups excluding carboxylic acids is 1. The Bertz CT molecular complexity index is 700. The first kappa shape index (κ1) is 19.8. The summed E-state index contributed by atoms with van der Waals surface area (Å²) in [4.78, 5) is 12.3. The van der Waals surface area contributed by atoms with Crippen LogP contribution in [0.5, 0.6) is 11.5 Å². The largest absolute Gasteiger partial charge is 0.497 e. The molecule has 2 rings (SSSR count). The van der Waals surface area contributed by atoms with Crippen molar-refractivity contribution < 1.29 is 14.3 Å². The van der Waals surface area contributed by atoms with E-state index in [1.54, 1.807) is 14.2 Å². The number of amides is 1. The van der Waals surface area contributed by atoms with Crippen LogP contribution in [-0.2, 0) is 11.2 Å². The summed E-state index contributed by atoms with van der Waals surface area (Å²) < 4.78 is 10.5. The van der Waals surface area contributed by atoms with Crippen molar-refractivity contribution in [3.8, 4) is 11.5 Å². The van der Waals surface area contributed by atoms with E-state index in [0.29, 0.717) is 18.8 Å². The molecule has 1 atom stereocenters.